The number of anilines is 1. The lowest BCUT2D eigenvalue weighted by molar-refractivity contribution is -0.108. The van der Waals surface area contributed by atoms with Crippen LogP contribution in [0, 0.1) is 11.8 Å². The summed E-state index contributed by atoms with van der Waals surface area (Å²) < 4.78 is 0. The number of hydrogen-bond donors (Lipinski definition) is 4. The molecule has 9 heteroatoms. The lowest BCUT2D eigenvalue weighted by Crippen LogP contribution is -2.43. The first-order valence-corrected chi connectivity index (χ1v) is 13.9. The van der Waals surface area contributed by atoms with E-state index < -0.39 is 6.03 Å². The number of likely N-dealkylation sites (N-methyl/N-ethyl adjacent to an activating group) is 1. The largest absolute Gasteiger partial charge is 0.389 e. The molecule has 2 atom stereocenters. The van der Waals surface area contributed by atoms with Gasteiger partial charge in [0.1, 0.15) is 11.5 Å². The summed E-state index contributed by atoms with van der Waals surface area (Å²) in [7, 11) is 2.14. The number of nitrogens with zero attached hydrogens (tertiary/aromatic N) is 3. The summed E-state index contributed by atoms with van der Waals surface area (Å²) in [4.78, 5) is 30.3. The topological polar surface area (TPSA) is 110 Å². The van der Waals surface area contributed by atoms with Gasteiger partial charge in [-0.3, -0.25) is 10.1 Å². The minimum atomic E-state index is -0.570. The number of aromatic nitrogens is 1. The van der Waals surface area contributed by atoms with E-state index >= 15 is 0 Å². The number of nitrogens with one attached hydrogen (secondary N) is 3. The Morgan fingerprint density at radius 2 is 2.05 bits per heavy atom. The highest BCUT2D eigenvalue weighted by atomic mass is 16.3. The Hall–Kier alpha value is -3.61. The fourth-order valence-electron chi connectivity index (χ4n) is 4.43. The van der Waals surface area contributed by atoms with Crippen LogP contribution in [-0.2, 0) is 4.79 Å². The fourth-order valence-corrected chi connectivity index (χ4v) is 4.43. The molecule has 9 nitrogen and oxygen atoms in total. The Morgan fingerprint density at radius 3 is 2.74 bits per heavy atom. The van der Waals surface area contributed by atoms with E-state index in [9.17, 15) is 14.7 Å². The monoisotopic (exact) mass is 536 g/mol. The molecule has 3 aliphatic rings. The molecule has 2 aliphatic heterocycles. The molecule has 1 aromatic rings. The second-order valence-corrected chi connectivity index (χ2v) is 9.17. The number of piperazine rings is 1. The third-order valence-corrected chi connectivity index (χ3v) is 6.25. The second kappa shape index (κ2) is 17.1. The number of rotatable bonds is 4. The summed E-state index contributed by atoms with van der Waals surface area (Å²) in [6, 6.07) is 4.77. The number of aliphatic hydroxyl groups excluding tert-OH is 1. The van der Waals surface area contributed by atoms with Crippen molar-refractivity contribution in [1.29, 1.82) is 0 Å². The molecule has 1 aromatic heterocycles. The second-order valence-electron chi connectivity index (χ2n) is 9.17. The number of amides is 3. The van der Waals surface area contributed by atoms with Crippen molar-refractivity contribution >= 4 is 18.3 Å². The minimum Gasteiger partial charge on any atom is -0.389 e. The van der Waals surface area contributed by atoms with Crippen molar-refractivity contribution in [3.8, 4) is 11.8 Å². The first kappa shape index (κ1) is 31.6. The Kier molecular flexibility index (Phi) is 13.8. The van der Waals surface area contributed by atoms with Crippen LogP contribution >= 0.6 is 0 Å². The van der Waals surface area contributed by atoms with E-state index in [0.717, 1.165) is 57.8 Å². The molecule has 1 saturated heterocycles. The van der Waals surface area contributed by atoms with Gasteiger partial charge in [0.25, 0.3) is 0 Å². The SMILES string of the molecule is CC.CC(C#Cc1cccc(N2CCNCC2)n1)NC(=O)NC=O.CC/C=C1/C2=C(C=CC(O)CC2)CN1C. The summed E-state index contributed by atoms with van der Waals surface area (Å²) >= 11 is 0. The maximum atomic E-state index is 11.2. The van der Waals surface area contributed by atoms with Gasteiger partial charge in [-0.1, -0.05) is 51.0 Å². The van der Waals surface area contributed by atoms with Crippen molar-refractivity contribution in [3.05, 3.63) is 59.0 Å². The van der Waals surface area contributed by atoms with Crippen LogP contribution < -0.4 is 20.9 Å². The Morgan fingerprint density at radius 1 is 1.31 bits per heavy atom. The van der Waals surface area contributed by atoms with Crippen LogP contribution in [0.2, 0.25) is 0 Å². The zero-order chi connectivity index (χ0) is 28.6. The van der Waals surface area contributed by atoms with Gasteiger partial charge in [0.15, 0.2) is 0 Å². The minimum absolute atomic E-state index is 0.260. The molecule has 212 valence electrons. The number of allylic oxidation sites excluding steroid dienone is 2. The van der Waals surface area contributed by atoms with Gasteiger partial charge >= 0.3 is 6.03 Å². The maximum absolute atomic E-state index is 11.2. The van der Waals surface area contributed by atoms with Gasteiger partial charge in [-0.25, -0.2) is 9.78 Å². The average molecular weight is 537 g/mol. The van der Waals surface area contributed by atoms with Crippen LogP contribution in [0.15, 0.2) is 53.3 Å². The molecule has 1 aliphatic carbocycles. The molecule has 3 amide bonds. The zero-order valence-electron chi connectivity index (χ0n) is 24.0. The molecule has 0 aromatic carbocycles. The molecule has 39 heavy (non-hydrogen) atoms. The van der Waals surface area contributed by atoms with E-state index in [0.29, 0.717) is 12.1 Å². The molecule has 3 heterocycles. The Bertz CT molecular complexity index is 1100. The highest BCUT2D eigenvalue weighted by Crippen LogP contribution is 2.33. The number of hydrogen-bond acceptors (Lipinski definition) is 7. The Balaban J connectivity index is 0.000000273. The van der Waals surface area contributed by atoms with E-state index in [4.69, 9.17) is 0 Å². The van der Waals surface area contributed by atoms with E-state index in [1.165, 1.54) is 16.8 Å². The number of pyridine rings is 1. The predicted octanol–water partition coefficient (Wildman–Crippen LogP) is 2.95. The highest BCUT2D eigenvalue weighted by molar-refractivity contribution is 5.84. The van der Waals surface area contributed by atoms with E-state index in [-0.39, 0.29) is 12.1 Å². The molecule has 0 bridgehead atoms. The van der Waals surface area contributed by atoms with E-state index in [2.05, 4.69) is 63.4 Å². The Labute approximate surface area is 233 Å². The number of urea groups is 1. The maximum Gasteiger partial charge on any atom is 0.322 e. The molecule has 4 N–H and O–H groups in total. The normalized spacial score (nSPS) is 19.7. The summed E-state index contributed by atoms with van der Waals surface area (Å²) in [5.41, 5.74) is 4.84. The average Bonchev–Trinajstić information content (AvgIpc) is 3.13. The van der Waals surface area contributed by atoms with Gasteiger partial charge in [0.05, 0.1) is 12.1 Å². The molecule has 0 spiro atoms. The molecule has 4 rings (SSSR count). The number of carbonyl (C=O) groups is 2. The lowest BCUT2D eigenvalue weighted by atomic mass is 10.0. The summed E-state index contributed by atoms with van der Waals surface area (Å²) in [6.07, 6.45) is 9.29. The molecule has 2 unspecified atom stereocenters. The van der Waals surface area contributed by atoms with Crippen LogP contribution in [0.1, 0.15) is 52.7 Å². The first-order valence-electron chi connectivity index (χ1n) is 13.9. The smallest absolute Gasteiger partial charge is 0.322 e. The number of aliphatic hydroxyl groups is 1. The van der Waals surface area contributed by atoms with E-state index in [1.807, 2.05) is 43.4 Å². The molecule has 0 saturated carbocycles. The van der Waals surface area contributed by atoms with Crippen LogP contribution in [0.25, 0.3) is 0 Å². The summed E-state index contributed by atoms with van der Waals surface area (Å²) in [6.45, 7) is 12.6. The van der Waals surface area contributed by atoms with Gasteiger partial charge in [-0.05, 0) is 55.4 Å². The van der Waals surface area contributed by atoms with Crippen molar-refractivity contribution in [2.24, 2.45) is 0 Å². The quantitative estimate of drug-likeness (QED) is 0.346. The number of imide groups is 1. The van der Waals surface area contributed by atoms with Gasteiger partial charge in [0.2, 0.25) is 6.41 Å². The van der Waals surface area contributed by atoms with Gasteiger partial charge in [-0.2, -0.15) is 0 Å². The predicted molar refractivity (Wildman–Crippen MR) is 157 cm³/mol. The summed E-state index contributed by atoms with van der Waals surface area (Å²) in [5, 5.41) is 17.4. The van der Waals surface area contributed by atoms with Crippen LogP contribution in [-0.4, -0.2) is 79.3 Å². The molecular formula is C30H44N6O3. The van der Waals surface area contributed by atoms with Crippen molar-refractivity contribution < 1.29 is 14.7 Å². The standard InChI is InChI=1S/C15H19N5O2.C13H19NO.C2H6/c1-12(18-15(22)17-11-21)5-6-13-3-2-4-14(19-13)20-9-7-16-8-10-20;1-3-4-13-12-8-7-11(15)6-5-10(12)9-14(13)2;1-2/h2-4,11-12,16H,7-10H2,1H3,(H2,17,18,21,22);4-6,11,15H,3,7-9H2,1-2H3;1-2H3/b;13-4-;. The third kappa shape index (κ3) is 10.2. The zero-order valence-corrected chi connectivity index (χ0v) is 24.0. The molecular weight excluding hydrogens is 492 g/mol. The van der Waals surface area contributed by atoms with Gasteiger partial charge in [0, 0.05) is 45.5 Å². The fraction of sp³-hybridized carbons (Fsp3) is 0.500. The number of carbonyl (C=O) groups excluding carboxylic acids is 2. The molecule has 1 fully saturated rings. The van der Waals surface area contributed by atoms with Gasteiger partial charge < -0.3 is 25.5 Å². The third-order valence-electron chi connectivity index (χ3n) is 6.25. The van der Waals surface area contributed by atoms with Crippen molar-refractivity contribution in [2.75, 3.05) is 44.7 Å². The highest BCUT2D eigenvalue weighted by Gasteiger charge is 2.24. The van der Waals surface area contributed by atoms with Crippen molar-refractivity contribution in [3.63, 3.8) is 0 Å². The van der Waals surface area contributed by atoms with Crippen LogP contribution in [0.5, 0.6) is 0 Å². The van der Waals surface area contributed by atoms with Crippen LogP contribution in [0.4, 0.5) is 10.6 Å². The molecule has 0 radical (unpaired) electrons. The van der Waals surface area contributed by atoms with Crippen molar-refractivity contribution in [1.82, 2.24) is 25.8 Å². The van der Waals surface area contributed by atoms with Crippen LogP contribution in [0.3, 0.4) is 0 Å². The van der Waals surface area contributed by atoms with E-state index in [1.54, 1.807) is 6.92 Å². The van der Waals surface area contributed by atoms with Crippen molar-refractivity contribution in [2.45, 2.75) is 59.1 Å². The first-order chi connectivity index (χ1) is 18.9. The lowest BCUT2D eigenvalue weighted by Gasteiger charge is -2.28. The summed E-state index contributed by atoms with van der Waals surface area (Å²) in [5.74, 6) is 6.73. The van der Waals surface area contributed by atoms with Gasteiger partial charge in [-0.15, -0.1) is 0 Å².